The van der Waals surface area contributed by atoms with Gasteiger partial charge in [0.15, 0.2) is 0 Å². The third-order valence-electron chi connectivity index (χ3n) is 2.94. The quantitative estimate of drug-likeness (QED) is 0.861. The molecule has 0 bridgehead atoms. The summed E-state index contributed by atoms with van der Waals surface area (Å²) in [6, 6.07) is 10.2. The van der Waals surface area contributed by atoms with Gasteiger partial charge in [-0.1, -0.05) is 30.7 Å². The highest BCUT2D eigenvalue weighted by Gasteiger charge is 2.24. The van der Waals surface area contributed by atoms with Crippen LogP contribution >= 0.6 is 23.4 Å². The Hall–Kier alpha value is -0.690. The van der Waals surface area contributed by atoms with Crippen LogP contribution in [0, 0.1) is 11.3 Å². The van der Waals surface area contributed by atoms with Gasteiger partial charge < -0.3 is 5.32 Å². The van der Waals surface area contributed by atoms with Crippen LogP contribution in [0.1, 0.15) is 25.8 Å². The third kappa shape index (κ3) is 4.89. The first-order chi connectivity index (χ1) is 8.49. The van der Waals surface area contributed by atoms with E-state index in [0.717, 1.165) is 17.2 Å². The summed E-state index contributed by atoms with van der Waals surface area (Å²) in [5.41, 5.74) is 0.825. The molecule has 0 aliphatic carbocycles. The van der Waals surface area contributed by atoms with Crippen LogP contribution in [0.2, 0.25) is 5.02 Å². The minimum absolute atomic E-state index is 0.428. The molecule has 2 unspecified atom stereocenters. The lowest BCUT2D eigenvalue weighted by Gasteiger charge is -2.24. The van der Waals surface area contributed by atoms with Crippen LogP contribution in [0.3, 0.4) is 0 Å². The first-order valence-corrected chi connectivity index (χ1v) is 7.38. The highest BCUT2D eigenvalue weighted by atomic mass is 35.5. The maximum absolute atomic E-state index is 9.11. The van der Waals surface area contributed by atoms with Gasteiger partial charge in [0.2, 0.25) is 0 Å². The number of nitrogens with one attached hydrogen (secondary N) is 1. The molecule has 0 amide bonds. The molecule has 1 aromatic carbocycles. The van der Waals surface area contributed by atoms with E-state index in [1.165, 1.54) is 5.56 Å². The topological polar surface area (TPSA) is 35.8 Å². The van der Waals surface area contributed by atoms with Gasteiger partial charge in [-0.05, 0) is 38.1 Å². The fourth-order valence-corrected chi connectivity index (χ4v) is 2.90. The summed E-state index contributed by atoms with van der Waals surface area (Å²) in [5, 5.41) is 13.4. The van der Waals surface area contributed by atoms with Gasteiger partial charge in [0.25, 0.3) is 0 Å². The summed E-state index contributed by atoms with van der Waals surface area (Å²) in [4.78, 5) is 0. The van der Waals surface area contributed by atoms with E-state index in [0.29, 0.717) is 5.25 Å². The second-order valence-corrected chi connectivity index (χ2v) is 6.51. The SMILES string of the molecule is CNC(C)(C#N)CC(C)SCc1ccc(Cl)cc1. The number of nitriles is 1. The van der Waals surface area contributed by atoms with Crippen molar-refractivity contribution in [2.24, 2.45) is 0 Å². The number of thioether (sulfide) groups is 1. The molecule has 0 saturated heterocycles. The zero-order chi connectivity index (χ0) is 13.6. The van der Waals surface area contributed by atoms with E-state index < -0.39 is 5.54 Å². The van der Waals surface area contributed by atoms with Gasteiger partial charge in [-0.15, -0.1) is 0 Å². The molecule has 1 rings (SSSR count). The molecule has 0 spiro atoms. The minimum Gasteiger partial charge on any atom is -0.303 e. The number of hydrogen-bond acceptors (Lipinski definition) is 3. The molecule has 18 heavy (non-hydrogen) atoms. The lowest BCUT2D eigenvalue weighted by molar-refractivity contribution is 0.455. The van der Waals surface area contributed by atoms with Crippen molar-refractivity contribution in [1.29, 1.82) is 5.26 Å². The van der Waals surface area contributed by atoms with E-state index >= 15 is 0 Å². The highest BCUT2D eigenvalue weighted by Crippen LogP contribution is 2.25. The van der Waals surface area contributed by atoms with Crippen LogP contribution in [0.4, 0.5) is 0 Å². The lowest BCUT2D eigenvalue weighted by Crippen LogP contribution is -2.40. The molecular formula is C14H19ClN2S. The molecule has 0 saturated carbocycles. The van der Waals surface area contributed by atoms with Crippen LogP contribution in [0.25, 0.3) is 0 Å². The van der Waals surface area contributed by atoms with Gasteiger partial charge in [0, 0.05) is 16.0 Å². The fourth-order valence-electron chi connectivity index (χ4n) is 1.66. The second kappa shape index (κ2) is 7.04. The van der Waals surface area contributed by atoms with E-state index in [-0.39, 0.29) is 0 Å². The Morgan fingerprint density at radius 1 is 1.44 bits per heavy atom. The van der Waals surface area contributed by atoms with Crippen molar-refractivity contribution in [1.82, 2.24) is 5.32 Å². The van der Waals surface area contributed by atoms with E-state index in [1.807, 2.05) is 50.0 Å². The smallest absolute Gasteiger partial charge is 0.104 e. The molecular weight excluding hydrogens is 264 g/mol. The molecule has 4 heteroatoms. The predicted octanol–water partition coefficient (Wildman–Crippen LogP) is 3.85. The Morgan fingerprint density at radius 2 is 2.06 bits per heavy atom. The molecule has 0 fully saturated rings. The van der Waals surface area contributed by atoms with Gasteiger partial charge in [0.05, 0.1) is 6.07 Å². The zero-order valence-corrected chi connectivity index (χ0v) is 12.6. The predicted molar refractivity (Wildman–Crippen MR) is 79.9 cm³/mol. The molecule has 2 nitrogen and oxygen atoms in total. The van der Waals surface area contributed by atoms with Crippen molar-refractivity contribution in [3.8, 4) is 6.07 Å². The molecule has 0 radical (unpaired) electrons. The van der Waals surface area contributed by atoms with E-state index in [4.69, 9.17) is 16.9 Å². The van der Waals surface area contributed by atoms with Crippen LogP contribution in [0.5, 0.6) is 0 Å². The number of nitrogens with zero attached hydrogens (tertiary/aromatic N) is 1. The summed E-state index contributed by atoms with van der Waals surface area (Å²) < 4.78 is 0. The Kier molecular flexibility index (Phi) is 6.01. The molecule has 1 N–H and O–H groups in total. The largest absolute Gasteiger partial charge is 0.303 e. The first kappa shape index (κ1) is 15.4. The fraction of sp³-hybridized carbons (Fsp3) is 0.500. The average molecular weight is 283 g/mol. The number of benzene rings is 1. The van der Waals surface area contributed by atoms with Crippen molar-refractivity contribution in [3.63, 3.8) is 0 Å². The summed E-state index contributed by atoms with van der Waals surface area (Å²) in [7, 11) is 1.83. The van der Waals surface area contributed by atoms with E-state index in [9.17, 15) is 0 Å². The Bertz CT molecular complexity index is 413. The van der Waals surface area contributed by atoms with Gasteiger partial charge in [-0.3, -0.25) is 0 Å². The maximum Gasteiger partial charge on any atom is 0.104 e. The van der Waals surface area contributed by atoms with Crippen molar-refractivity contribution in [2.75, 3.05) is 7.05 Å². The highest BCUT2D eigenvalue weighted by molar-refractivity contribution is 7.99. The molecule has 1 aromatic rings. The number of halogens is 1. The van der Waals surface area contributed by atoms with Crippen LogP contribution in [-0.2, 0) is 5.75 Å². The summed E-state index contributed by atoms with van der Waals surface area (Å²) in [6.45, 7) is 4.10. The van der Waals surface area contributed by atoms with E-state index in [2.05, 4.69) is 18.3 Å². The van der Waals surface area contributed by atoms with Gasteiger partial charge in [-0.25, -0.2) is 0 Å². The first-order valence-electron chi connectivity index (χ1n) is 5.95. The normalized spacial score (nSPS) is 15.7. The summed E-state index contributed by atoms with van der Waals surface area (Å²) >= 11 is 7.71. The zero-order valence-electron chi connectivity index (χ0n) is 11.0. The number of rotatable bonds is 6. The third-order valence-corrected chi connectivity index (χ3v) is 4.43. The van der Waals surface area contributed by atoms with Crippen molar-refractivity contribution >= 4 is 23.4 Å². The monoisotopic (exact) mass is 282 g/mol. The minimum atomic E-state index is -0.438. The van der Waals surface area contributed by atoms with Crippen LogP contribution in [-0.4, -0.2) is 17.8 Å². The number of hydrogen-bond donors (Lipinski definition) is 1. The van der Waals surface area contributed by atoms with Gasteiger partial charge in [-0.2, -0.15) is 17.0 Å². The molecule has 0 heterocycles. The lowest BCUT2D eigenvalue weighted by atomic mass is 9.98. The summed E-state index contributed by atoms with van der Waals surface area (Å²) in [5.74, 6) is 0.948. The Morgan fingerprint density at radius 3 is 2.56 bits per heavy atom. The second-order valence-electron chi connectivity index (χ2n) is 4.65. The van der Waals surface area contributed by atoms with E-state index in [1.54, 1.807) is 0 Å². The molecule has 0 aliphatic rings. The van der Waals surface area contributed by atoms with Crippen molar-refractivity contribution in [3.05, 3.63) is 34.9 Å². The molecule has 98 valence electrons. The Labute approximate surface area is 119 Å². The van der Waals surface area contributed by atoms with Crippen LogP contribution in [0.15, 0.2) is 24.3 Å². The summed E-state index contributed by atoms with van der Waals surface area (Å²) in [6.07, 6.45) is 0.832. The average Bonchev–Trinajstić information content (AvgIpc) is 2.38. The molecule has 0 aliphatic heterocycles. The van der Waals surface area contributed by atoms with Crippen molar-refractivity contribution in [2.45, 2.75) is 36.8 Å². The standard InChI is InChI=1S/C14H19ClN2S/c1-11(8-14(2,10-16)17-3)18-9-12-4-6-13(15)7-5-12/h4-7,11,17H,8-9H2,1-3H3. The van der Waals surface area contributed by atoms with Gasteiger partial charge in [0.1, 0.15) is 5.54 Å². The Balaban J connectivity index is 2.44. The van der Waals surface area contributed by atoms with Crippen molar-refractivity contribution < 1.29 is 0 Å². The van der Waals surface area contributed by atoms with Gasteiger partial charge >= 0.3 is 0 Å². The molecule has 2 atom stereocenters. The molecule has 0 aromatic heterocycles. The maximum atomic E-state index is 9.11. The van der Waals surface area contributed by atoms with Crippen LogP contribution < -0.4 is 5.32 Å².